The maximum absolute atomic E-state index is 13.0. The van der Waals surface area contributed by atoms with Gasteiger partial charge in [-0.2, -0.15) is 5.10 Å². The normalized spacial score (nSPS) is 11.0. The van der Waals surface area contributed by atoms with Crippen LogP contribution in [0.5, 0.6) is 0 Å². The molecule has 0 aliphatic rings. The molecule has 0 unspecified atom stereocenters. The number of halogens is 2. The first-order chi connectivity index (χ1) is 8.97. The Morgan fingerprint density at radius 2 is 2.00 bits per heavy atom. The monoisotopic (exact) mass is 264 g/mol. The van der Waals surface area contributed by atoms with Crippen LogP contribution in [0.4, 0.5) is 8.78 Å². The summed E-state index contributed by atoms with van der Waals surface area (Å²) in [6.45, 7) is 3.96. The molecule has 100 valence electrons. The number of nitrogens with zero attached hydrogens (tertiary/aromatic N) is 2. The molecule has 3 nitrogen and oxygen atoms in total. The van der Waals surface area contributed by atoms with Crippen LogP contribution in [-0.4, -0.2) is 15.6 Å². The highest BCUT2D eigenvalue weighted by Gasteiger charge is 2.12. The smallest absolute Gasteiger partial charge is 0.168 e. The van der Waals surface area contributed by atoms with Gasteiger partial charge in [-0.15, -0.1) is 0 Å². The molecule has 0 aliphatic heterocycles. The van der Waals surface area contributed by atoms with Gasteiger partial charge in [0.05, 0.1) is 12.1 Å². The zero-order chi connectivity index (χ0) is 14.0. The third-order valence-electron chi connectivity index (χ3n) is 2.78. The average molecular weight is 264 g/mol. The standard InChI is InChI=1S/C14H14F2N2O/c1-9(2)18-6-5-11(17-18)8-14(19)10-3-4-12(15)13(16)7-10/h3-7,9H,8H2,1-2H3. The van der Waals surface area contributed by atoms with Crippen LogP contribution >= 0.6 is 0 Å². The van der Waals surface area contributed by atoms with Crippen molar-refractivity contribution in [1.29, 1.82) is 0 Å². The largest absolute Gasteiger partial charge is 0.294 e. The van der Waals surface area contributed by atoms with Crippen LogP contribution in [0.1, 0.15) is 35.9 Å². The summed E-state index contributed by atoms with van der Waals surface area (Å²) in [5, 5.41) is 4.24. The first-order valence-corrected chi connectivity index (χ1v) is 5.99. The van der Waals surface area contributed by atoms with Gasteiger partial charge in [0.15, 0.2) is 17.4 Å². The van der Waals surface area contributed by atoms with E-state index in [0.29, 0.717) is 5.69 Å². The Bertz CT molecular complexity index is 605. The minimum absolute atomic E-state index is 0.0742. The van der Waals surface area contributed by atoms with Crippen LogP contribution < -0.4 is 0 Å². The van der Waals surface area contributed by atoms with E-state index in [2.05, 4.69) is 5.10 Å². The average Bonchev–Trinajstić information content (AvgIpc) is 2.81. The number of Topliss-reactive ketones (excluding diaryl/α,β-unsaturated/α-hetero) is 1. The van der Waals surface area contributed by atoms with Crippen molar-refractivity contribution in [2.24, 2.45) is 0 Å². The van der Waals surface area contributed by atoms with Gasteiger partial charge in [-0.1, -0.05) is 0 Å². The van der Waals surface area contributed by atoms with Crippen LogP contribution in [0.3, 0.4) is 0 Å². The van der Waals surface area contributed by atoms with Crippen molar-refractivity contribution in [2.75, 3.05) is 0 Å². The first-order valence-electron chi connectivity index (χ1n) is 5.99. The summed E-state index contributed by atoms with van der Waals surface area (Å²) in [6.07, 6.45) is 1.86. The zero-order valence-electron chi connectivity index (χ0n) is 10.7. The van der Waals surface area contributed by atoms with Gasteiger partial charge < -0.3 is 0 Å². The van der Waals surface area contributed by atoms with Crippen LogP contribution in [-0.2, 0) is 6.42 Å². The van der Waals surface area contributed by atoms with Crippen molar-refractivity contribution in [2.45, 2.75) is 26.3 Å². The van der Waals surface area contributed by atoms with E-state index in [1.807, 2.05) is 13.8 Å². The minimum atomic E-state index is -1.02. The molecule has 1 heterocycles. The number of hydrogen-bond acceptors (Lipinski definition) is 2. The molecule has 0 fully saturated rings. The second kappa shape index (κ2) is 5.30. The van der Waals surface area contributed by atoms with Crippen molar-refractivity contribution in [3.8, 4) is 0 Å². The molecule has 5 heteroatoms. The second-order valence-electron chi connectivity index (χ2n) is 4.61. The third kappa shape index (κ3) is 3.05. The summed E-state index contributed by atoms with van der Waals surface area (Å²) >= 11 is 0. The molecule has 19 heavy (non-hydrogen) atoms. The second-order valence-corrected chi connectivity index (χ2v) is 4.61. The van der Waals surface area contributed by atoms with Gasteiger partial charge in [-0.3, -0.25) is 9.48 Å². The molecule has 0 N–H and O–H groups in total. The lowest BCUT2D eigenvalue weighted by Gasteiger charge is -2.04. The Labute approximate surface area is 109 Å². The summed E-state index contributed by atoms with van der Waals surface area (Å²) in [4.78, 5) is 11.9. The zero-order valence-corrected chi connectivity index (χ0v) is 10.7. The maximum Gasteiger partial charge on any atom is 0.168 e. The number of carbonyl (C=O) groups is 1. The van der Waals surface area contributed by atoms with Crippen molar-refractivity contribution in [3.05, 3.63) is 53.4 Å². The molecule has 0 amide bonds. The number of carbonyl (C=O) groups excluding carboxylic acids is 1. The van der Waals surface area contributed by atoms with Crippen LogP contribution in [0.2, 0.25) is 0 Å². The summed E-state index contributed by atoms with van der Waals surface area (Å²) in [7, 11) is 0. The van der Waals surface area contributed by atoms with Crippen molar-refractivity contribution >= 4 is 5.78 Å². The molecule has 0 saturated carbocycles. The number of benzene rings is 1. The van der Waals surface area contributed by atoms with Gasteiger partial charge in [-0.25, -0.2) is 8.78 Å². The molecule has 1 aromatic carbocycles. The fraction of sp³-hybridized carbons (Fsp3) is 0.286. The Kier molecular flexibility index (Phi) is 3.74. The van der Waals surface area contributed by atoms with Crippen LogP contribution in [0.15, 0.2) is 30.5 Å². The van der Waals surface area contributed by atoms with E-state index < -0.39 is 11.6 Å². The molecule has 2 rings (SSSR count). The Balaban J connectivity index is 2.13. The maximum atomic E-state index is 13.0. The minimum Gasteiger partial charge on any atom is -0.294 e. The van der Waals surface area contributed by atoms with Gasteiger partial charge in [0.25, 0.3) is 0 Å². The highest BCUT2D eigenvalue weighted by Crippen LogP contribution is 2.12. The molecule has 0 spiro atoms. The number of ketones is 1. The van der Waals surface area contributed by atoms with E-state index >= 15 is 0 Å². The summed E-state index contributed by atoms with van der Waals surface area (Å²) in [5.41, 5.74) is 0.765. The van der Waals surface area contributed by atoms with Gasteiger partial charge in [0.2, 0.25) is 0 Å². The van der Waals surface area contributed by atoms with E-state index in [4.69, 9.17) is 0 Å². The van der Waals surface area contributed by atoms with Crippen LogP contribution in [0.25, 0.3) is 0 Å². The van der Waals surface area contributed by atoms with Gasteiger partial charge in [-0.05, 0) is 38.1 Å². The molecule has 0 atom stereocenters. The highest BCUT2D eigenvalue weighted by atomic mass is 19.2. The molecule has 0 aliphatic carbocycles. The van der Waals surface area contributed by atoms with Gasteiger partial charge in [0.1, 0.15) is 0 Å². The Morgan fingerprint density at radius 3 is 2.58 bits per heavy atom. The summed E-state index contributed by atoms with van der Waals surface area (Å²) < 4.78 is 27.6. The van der Waals surface area contributed by atoms with Gasteiger partial charge >= 0.3 is 0 Å². The Morgan fingerprint density at radius 1 is 1.26 bits per heavy atom. The SMILES string of the molecule is CC(C)n1ccc(CC(=O)c2ccc(F)c(F)c2)n1. The first kappa shape index (κ1) is 13.4. The van der Waals surface area contributed by atoms with Gasteiger partial charge in [0, 0.05) is 17.8 Å². The van der Waals surface area contributed by atoms with Crippen molar-refractivity contribution in [1.82, 2.24) is 9.78 Å². The van der Waals surface area contributed by atoms with E-state index in [0.717, 1.165) is 12.1 Å². The molecule has 1 aromatic heterocycles. The molecule has 0 bridgehead atoms. The van der Waals surface area contributed by atoms with E-state index in [9.17, 15) is 13.6 Å². The molecule has 0 saturated heterocycles. The predicted octanol–water partition coefficient (Wildman–Crippen LogP) is 3.17. The molecule has 2 aromatic rings. The lowest BCUT2D eigenvalue weighted by molar-refractivity contribution is 0.0991. The van der Waals surface area contributed by atoms with E-state index in [1.54, 1.807) is 16.9 Å². The highest BCUT2D eigenvalue weighted by molar-refractivity contribution is 5.97. The number of aromatic nitrogens is 2. The van der Waals surface area contributed by atoms with E-state index in [1.165, 1.54) is 6.07 Å². The fourth-order valence-electron chi connectivity index (χ4n) is 1.70. The number of hydrogen-bond donors (Lipinski definition) is 0. The molecule has 0 radical (unpaired) electrons. The molecular weight excluding hydrogens is 250 g/mol. The Hall–Kier alpha value is -2.04. The van der Waals surface area contributed by atoms with Crippen molar-refractivity contribution < 1.29 is 13.6 Å². The summed E-state index contributed by atoms with van der Waals surface area (Å²) in [6, 6.07) is 5.11. The van der Waals surface area contributed by atoms with E-state index in [-0.39, 0.29) is 23.8 Å². The number of rotatable bonds is 4. The lowest BCUT2D eigenvalue weighted by Crippen LogP contribution is -2.07. The third-order valence-corrected chi connectivity index (χ3v) is 2.78. The molecular formula is C14H14F2N2O. The van der Waals surface area contributed by atoms with Crippen molar-refractivity contribution in [3.63, 3.8) is 0 Å². The van der Waals surface area contributed by atoms with Crippen LogP contribution in [0, 0.1) is 11.6 Å². The fourth-order valence-corrected chi connectivity index (χ4v) is 1.70. The quantitative estimate of drug-likeness (QED) is 0.795. The summed E-state index contributed by atoms with van der Waals surface area (Å²) in [5.74, 6) is -2.26. The topological polar surface area (TPSA) is 34.9 Å². The predicted molar refractivity (Wildman–Crippen MR) is 67.0 cm³/mol. The lowest BCUT2D eigenvalue weighted by atomic mass is 10.1.